The Labute approximate surface area is 140 Å². The highest BCUT2D eigenvalue weighted by atomic mass is 32.1. The molecule has 23 heavy (non-hydrogen) atoms. The minimum atomic E-state index is -0.0904. The fourth-order valence-corrected chi connectivity index (χ4v) is 4.20. The molecule has 0 spiro atoms. The maximum atomic E-state index is 11.1. The molecule has 2 aromatic rings. The molecule has 5 nitrogen and oxygen atoms in total. The molecule has 0 radical (unpaired) electrons. The number of nitrogens with zero attached hydrogens (tertiary/aromatic N) is 3. The fourth-order valence-electron chi connectivity index (χ4n) is 3.34. The molecule has 1 N–H and O–H groups in total. The molecule has 6 heteroatoms. The highest BCUT2D eigenvalue weighted by Crippen LogP contribution is 2.34. The molecule has 1 amide bonds. The Morgan fingerprint density at radius 2 is 2.04 bits per heavy atom. The van der Waals surface area contributed by atoms with Crippen molar-refractivity contribution in [1.29, 1.82) is 0 Å². The van der Waals surface area contributed by atoms with E-state index in [0.29, 0.717) is 11.0 Å². The number of carbonyl (C=O) groups is 1. The Hall–Kier alpha value is -1.53. The second-order valence-corrected chi connectivity index (χ2v) is 7.81. The zero-order valence-corrected chi connectivity index (χ0v) is 14.2. The van der Waals surface area contributed by atoms with Crippen LogP contribution in [0, 0.1) is 5.92 Å². The number of thiazole rings is 1. The monoisotopic (exact) mass is 330 g/mol. The van der Waals surface area contributed by atoms with Crippen LogP contribution in [0.2, 0.25) is 0 Å². The van der Waals surface area contributed by atoms with Crippen LogP contribution in [0.4, 0.5) is 5.13 Å². The predicted octanol–water partition coefficient (Wildman–Crippen LogP) is 3.24. The summed E-state index contributed by atoms with van der Waals surface area (Å²) in [5.41, 5.74) is 1.92. The quantitative estimate of drug-likeness (QED) is 0.935. The van der Waals surface area contributed by atoms with Gasteiger partial charge in [0.25, 0.3) is 0 Å². The van der Waals surface area contributed by atoms with Gasteiger partial charge < -0.3 is 10.2 Å². The summed E-state index contributed by atoms with van der Waals surface area (Å²) in [4.78, 5) is 23.0. The lowest BCUT2D eigenvalue weighted by Crippen LogP contribution is -2.34. The molecule has 0 bridgehead atoms. The number of hydrogen-bond donors (Lipinski definition) is 1. The van der Waals surface area contributed by atoms with E-state index in [2.05, 4.69) is 27.3 Å². The van der Waals surface area contributed by atoms with Crippen LogP contribution < -0.4 is 5.32 Å². The average Bonchev–Trinajstić information content (AvgIpc) is 3.24. The molecule has 1 aliphatic carbocycles. The van der Waals surface area contributed by atoms with Gasteiger partial charge in [0, 0.05) is 25.1 Å². The zero-order valence-electron chi connectivity index (χ0n) is 13.4. The number of carbonyl (C=O) groups excluding carboxylic acids is 1. The summed E-state index contributed by atoms with van der Waals surface area (Å²) in [5, 5.41) is 3.38. The van der Waals surface area contributed by atoms with E-state index in [1.807, 2.05) is 0 Å². The van der Waals surface area contributed by atoms with Crippen molar-refractivity contribution in [3.8, 4) is 0 Å². The van der Waals surface area contributed by atoms with E-state index in [0.717, 1.165) is 22.0 Å². The Kier molecular flexibility index (Phi) is 4.03. The van der Waals surface area contributed by atoms with Crippen molar-refractivity contribution in [2.45, 2.75) is 38.5 Å². The molecule has 2 aromatic heterocycles. The molecule has 0 atom stereocenters. The van der Waals surface area contributed by atoms with Crippen LogP contribution in [0.3, 0.4) is 0 Å². The average molecular weight is 330 g/mol. The minimum Gasteiger partial charge on any atom is -0.303 e. The highest BCUT2D eigenvalue weighted by Gasteiger charge is 2.28. The SMILES string of the molecule is CC(=O)Nc1nc2nc(C3CCN(CC4CC4)CC3)ccc2s1. The molecule has 122 valence electrons. The summed E-state index contributed by atoms with van der Waals surface area (Å²) in [5.74, 6) is 1.43. The van der Waals surface area contributed by atoms with Crippen molar-refractivity contribution in [2.24, 2.45) is 5.92 Å². The first-order valence-electron chi connectivity index (χ1n) is 8.45. The van der Waals surface area contributed by atoms with Gasteiger partial charge in [-0.25, -0.2) is 4.98 Å². The second-order valence-electron chi connectivity index (χ2n) is 6.78. The Morgan fingerprint density at radius 1 is 1.26 bits per heavy atom. The topological polar surface area (TPSA) is 58.1 Å². The van der Waals surface area contributed by atoms with Crippen LogP contribution in [0.5, 0.6) is 0 Å². The molecule has 4 rings (SSSR count). The number of rotatable bonds is 4. The third-order valence-corrected chi connectivity index (χ3v) is 5.70. The van der Waals surface area contributed by atoms with E-state index in [1.54, 1.807) is 0 Å². The van der Waals surface area contributed by atoms with Gasteiger partial charge in [-0.2, -0.15) is 4.98 Å². The fraction of sp³-hybridized carbons (Fsp3) is 0.588. The maximum absolute atomic E-state index is 11.1. The van der Waals surface area contributed by atoms with Gasteiger partial charge >= 0.3 is 0 Å². The number of anilines is 1. The molecule has 1 aliphatic heterocycles. The third kappa shape index (κ3) is 3.53. The van der Waals surface area contributed by atoms with Crippen LogP contribution in [-0.4, -0.2) is 40.4 Å². The first-order chi connectivity index (χ1) is 11.2. The van der Waals surface area contributed by atoms with Gasteiger partial charge in [-0.05, 0) is 56.8 Å². The standard InChI is InChI=1S/C17H22N4OS/c1-11(22)18-17-20-16-15(23-17)5-4-14(19-16)13-6-8-21(9-7-13)10-12-2-3-12/h4-5,12-13H,2-3,6-10H2,1H3,(H,18,19,20,22). The Balaban J connectivity index is 1.45. The summed E-state index contributed by atoms with van der Waals surface area (Å²) >= 11 is 1.48. The van der Waals surface area contributed by atoms with Crippen molar-refractivity contribution in [2.75, 3.05) is 25.0 Å². The predicted molar refractivity (Wildman–Crippen MR) is 92.9 cm³/mol. The number of piperidine rings is 1. The lowest BCUT2D eigenvalue weighted by Gasteiger charge is -2.31. The van der Waals surface area contributed by atoms with E-state index in [4.69, 9.17) is 4.98 Å². The lowest BCUT2D eigenvalue weighted by atomic mass is 9.93. The van der Waals surface area contributed by atoms with Gasteiger partial charge in [-0.15, -0.1) is 0 Å². The van der Waals surface area contributed by atoms with Gasteiger partial charge in [-0.3, -0.25) is 4.79 Å². The van der Waals surface area contributed by atoms with Gasteiger partial charge in [0.05, 0.1) is 4.70 Å². The Morgan fingerprint density at radius 3 is 2.74 bits per heavy atom. The normalized spacial score (nSPS) is 20.0. The van der Waals surface area contributed by atoms with Gasteiger partial charge in [-0.1, -0.05) is 11.3 Å². The van der Waals surface area contributed by atoms with Crippen molar-refractivity contribution < 1.29 is 4.79 Å². The van der Waals surface area contributed by atoms with E-state index in [-0.39, 0.29) is 5.91 Å². The molecule has 1 saturated carbocycles. The highest BCUT2D eigenvalue weighted by molar-refractivity contribution is 7.22. The summed E-state index contributed by atoms with van der Waals surface area (Å²) in [7, 11) is 0. The van der Waals surface area contributed by atoms with E-state index < -0.39 is 0 Å². The van der Waals surface area contributed by atoms with Crippen molar-refractivity contribution >= 4 is 32.7 Å². The van der Waals surface area contributed by atoms with Crippen molar-refractivity contribution in [3.05, 3.63) is 17.8 Å². The second kappa shape index (κ2) is 6.17. The summed E-state index contributed by atoms with van der Waals surface area (Å²) < 4.78 is 1.03. The van der Waals surface area contributed by atoms with Gasteiger partial charge in [0.15, 0.2) is 10.8 Å². The van der Waals surface area contributed by atoms with Crippen LogP contribution in [0.15, 0.2) is 12.1 Å². The van der Waals surface area contributed by atoms with Crippen LogP contribution in [0.1, 0.15) is 44.2 Å². The first-order valence-corrected chi connectivity index (χ1v) is 9.26. The summed E-state index contributed by atoms with van der Waals surface area (Å²) in [6.45, 7) is 5.18. The molecule has 3 heterocycles. The summed E-state index contributed by atoms with van der Waals surface area (Å²) in [6.07, 6.45) is 5.24. The largest absolute Gasteiger partial charge is 0.303 e. The summed E-state index contributed by atoms with van der Waals surface area (Å²) in [6, 6.07) is 4.23. The smallest absolute Gasteiger partial charge is 0.223 e. The number of amides is 1. The molecule has 2 fully saturated rings. The van der Waals surface area contributed by atoms with Crippen molar-refractivity contribution in [3.63, 3.8) is 0 Å². The van der Waals surface area contributed by atoms with Crippen LogP contribution >= 0.6 is 11.3 Å². The number of aromatic nitrogens is 2. The van der Waals surface area contributed by atoms with E-state index in [1.165, 1.54) is 63.6 Å². The molecule has 2 aliphatic rings. The number of hydrogen-bond acceptors (Lipinski definition) is 5. The Bertz CT molecular complexity index is 716. The molecular weight excluding hydrogens is 308 g/mol. The zero-order chi connectivity index (χ0) is 15.8. The van der Waals surface area contributed by atoms with E-state index >= 15 is 0 Å². The number of nitrogens with one attached hydrogen (secondary N) is 1. The number of likely N-dealkylation sites (tertiary alicyclic amines) is 1. The minimum absolute atomic E-state index is 0.0904. The third-order valence-electron chi connectivity index (χ3n) is 4.78. The van der Waals surface area contributed by atoms with Crippen molar-refractivity contribution in [1.82, 2.24) is 14.9 Å². The number of fused-ring (bicyclic) bond motifs is 1. The number of pyridine rings is 1. The van der Waals surface area contributed by atoms with Gasteiger partial charge in [0.1, 0.15) is 0 Å². The maximum Gasteiger partial charge on any atom is 0.223 e. The first kappa shape index (κ1) is 15.0. The van der Waals surface area contributed by atoms with Crippen LogP contribution in [-0.2, 0) is 4.79 Å². The molecular formula is C17H22N4OS. The molecule has 1 saturated heterocycles. The van der Waals surface area contributed by atoms with Gasteiger partial charge in [0.2, 0.25) is 5.91 Å². The van der Waals surface area contributed by atoms with E-state index in [9.17, 15) is 4.79 Å². The molecule has 0 unspecified atom stereocenters. The van der Waals surface area contributed by atoms with Crippen LogP contribution in [0.25, 0.3) is 10.3 Å². The lowest BCUT2D eigenvalue weighted by molar-refractivity contribution is -0.114. The molecule has 0 aromatic carbocycles.